The summed E-state index contributed by atoms with van der Waals surface area (Å²) in [5, 5.41) is 0.329. The Morgan fingerprint density at radius 1 is 1.15 bits per heavy atom. The van der Waals surface area contributed by atoms with Gasteiger partial charge in [-0.1, -0.05) is 39.7 Å². The maximum Gasteiger partial charge on any atom is 0.336 e. The number of halogens is 2. The van der Waals surface area contributed by atoms with Gasteiger partial charge in [0.15, 0.2) is 0 Å². The maximum absolute atomic E-state index is 12.2. The number of amides is 3. The predicted molar refractivity (Wildman–Crippen MR) is 109 cm³/mol. The summed E-state index contributed by atoms with van der Waals surface area (Å²) in [6.07, 6.45) is -0.0253. The number of rotatable bonds is 5. The lowest BCUT2D eigenvalue weighted by molar-refractivity contribution is 0.0931. The van der Waals surface area contributed by atoms with Crippen molar-refractivity contribution >= 4 is 39.5 Å². The molecule has 3 amide bonds. The molecule has 0 bridgehead atoms. The minimum Gasteiger partial charge on any atom is -0.489 e. The molecule has 27 heavy (non-hydrogen) atoms. The molecule has 0 unspecified atom stereocenters. The third-order valence-electron chi connectivity index (χ3n) is 3.52. The first-order chi connectivity index (χ1) is 12.8. The third-order valence-corrected chi connectivity index (χ3v) is 4.34. The number of hydrazine groups is 1. The average molecular weight is 455 g/mol. The van der Waals surface area contributed by atoms with E-state index in [0.29, 0.717) is 22.9 Å². The summed E-state index contributed by atoms with van der Waals surface area (Å²) in [7, 11) is 1.64. The maximum atomic E-state index is 12.2. The zero-order valence-electron chi connectivity index (χ0n) is 15.3. The Morgan fingerprint density at radius 2 is 1.81 bits per heavy atom. The quantitative estimate of drug-likeness (QED) is 0.659. The van der Waals surface area contributed by atoms with Crippen LogP contribution in [0.15, 0.2) is 46.9 Å². The lowest BCUT2D eigenvalue weighted by Gasteiger charge is -2.18. The molecule has 8 heteroatoms. The molecule has 0 saturated carbocycles. The Hall–Kier alpha value is -2.25. The lowest BCUT2D eigenvalue weighted by atomic mass is 10.2. The summed E-state index contributed by atoms with van der Waals surface area (Å²) >= 11 is 9.50. The van der Waals surface area contributed by atoms with Crippen molar-refractivity contribution in [2.45, 2.75) is 26.5 Å². The zero-order chi connectivity index (χ0) is 20.0. The van der Waals surface area contributed by atoms with E-state index < -0.39 is 11.9 Å². The van der Waals surface area contributed by atoms with Crippen molar-refractivity contribution in [1.29, 1.82) is 0 Å². The second kappa shape index (κ2) is 9.62. The largest absolute Gasteiger partial charge is 0.489 e. The number of hydrogen-bond donors (Lipinski definition) is 2. The summed E-state index contributed by atoms with van der Waals surface area (Å²) in [5.74, 6) is 0.0277. The molecule has 0 aromatic heterocycles. The van der Waals surface area contributed by atoms with Gasteiger partial charge in [-0.25, -0.2) is 10.2 Å². The van der Waals surface area contributed by atoms with Crippen LogP contribution < -0.4 is 15.6 Å². The first kappa shape index (κ1) is 21.1. The van der Waals surface area contributed by atoms with Gasteiger partial charge in [0.1, 0.15) is 5.75 Å². The summed E-state index contributed by atoms with van der Waals surface area (Å²) in [6, 6.07) is 11.9. The van der Waals surface area contributed by atoms with Crippen LogP contribution in [0.5, 0.6) is 5.75 Å². The molecule has 0 aliphatic heterocycles. The number of ether oxygens (including phenoxy) is 1. The molecular weight excluding hydrogens is 434 g/mol. The van der Waals surface area contributed by atoms with Gasteiger partial charge in [-0.05, 0) is 49.7 Å². The molecule has 0 spiro atoms. The van der Waals surface area contributed by atoms with Gasteiger partial charge in [0.05, 0.1) is 11.1 Å². The van der Waals surface area contributed by atoms with Crippen molar-refractivity contribution in [2.75, 3.05) is 7.05 Å². The van der Waals surface area contributed by atoms with Crippen molar-refractivity contribution in [3.05, 3.63) is 63.1 Å². The van der Waals surface area contributed by atoms with E-state index in [1.807, 2.05) is 38.1 Å². The Morgan fingerprint density at radius 3 is 2.41 bits per heavy atom. The van der Waals surface area contributed by atoms with Crippen LogP contribution in [0.2, 0.25) is 5.02 Å². The molecule has 2 aromatic carbocycles. The second-order valence-electron chi connectivity index (χ2n) is 6.18. The molecule has 0 aliphatic carbocycles. The molecule has 2 N–H and O–H groups in total. The number of nitrogens with zero attached hydrogens (tertiary/aromatic N) is 1. The number of hydrogen-bond acceptors (Lipinski definition) is 3. The van der Waals surface area contributed by atoms with Gasteiger partial charge in [-0.2, -0.15) is 0 Å². The van der Waals surface area contributed by atoms with Gasteiger partial charge in [-0.3, -0.25) is 10.2 Å². The van der Waals surface area contributed by atoms with E-state index in [9.17, 15) is 9.59 Å². The zero-order valence-corrected chi connectivity index (χ0v) is 17.6. The molecule has 0 atom stereocenters. The van der Waals surface area contributed by atoms with Crippen LogP contribution in [0.1, 0.15) is 29.8 Å². The molecule has 0 heterocycles. The highest BCUT2D eigenvalue weighted by atomic mass is 79.9. The highest BCUT2D eigenvalue weighted by molar-refractivity contribution is 9.10. The van der Waals surface area contributed by atoms with E-state index in [0.717, 1.165) is 10.0 Å². The number of carbonyl (C=O) groups excluding carboxylic acids is 2. The van der Waals surface area contributed by atoms with Crippen molar-refractivity contribution in [3.63, 3.8) is 0 Å². The smallest absolute Gasteiger partial charge is 0.336 e. The van der Waals surface area contributed by atoms with Crippen molar-refractivity contribution in [1.82, 2.24) is 15.8 Å². The Kier molecular flexibility index (Phi) is 7.50. The van der Waals surface area contributed by atoms with Crippen molar-refractivity contribution in [2.24, 2.45) is 0 Å². The fraction of sp³-hybridized carbons (Fsp3) is 0.263. The van der Waals surface area contributed by atoms with Gasteiger partial charge in [0, 0.05) is 23.6 Å². The van der Waals surface area contributed by atoms with E-state index in [-0.39, 0.29) is 6.10 Å². The van der Waals surface area contributed by atoms with Crippen LogP contribution in [-0.4, -0.2) is 30.0 Å². The van der Waals surface area contributed by atoms with E-state index in [1.54, 1.807) is 19.2 Å². The van der Waals surface area contributed by atoms with Crippen LogP contribution >= 0.6 is 27.5 Å². The highest BCUT2D eigenvalue weighted by Gasteiger charge is 2.13. The molecule has 0 fully saturated rings. The molecule has 6 nitrogen and oxygen atoms in total. The Bertz CT molecular complexity index is 812. The normalized spacial score (nSPS) is 10.4. The Labute approximate surface area is 171 Å². The van der Waals surface area contributed by atoms with Gasteiger partial charge < -0.3 is 9.64 Å². The number of urea groups is 1. The summed E-state index contributed by atoms with van der Waals surface area (Å²) in [6.45, 7) is 4.18. The highest BCUT2D eigenvalue weighted by Crippen LogP contribution is 2.26. The van der Waals surface area contributed by atoms with E-state index >= 15 is 0 Å². The van der Waals surface area contributed by atoms with Gasteiger partial charge in [0.2, 0.25) is 0 Å². The average Bonchev–Trinajstić information content (AvgIpc) is 2.62. The molecular formula is C19H21BrClN3O3. The molecule has 0 aliphatic rings. The SMILES string of the molecule is CC(C)Oc1ccc(C(=O)NNC(=O)N(C)Cc2ccc(Br)cc2)cc1Cl. The molecule has 144 valence electrons. The first-order valence-corrected chi connectivity index (χ1v) is 9.45. The molecule has 2 aromatic rings. The van der Waals surface area contributed by atoms with Crippen molar-refractivity contribution in [3.8, 4) is 5.75 Å². The minimum atomic E-state index is -0.474. The summed E-state index contributed by atoms with van der Waals surface area (Å²) < 4.78 is 6.50. The number of nitrogens with one attached hydrogen (secondary N) is 2. The molecule has 0 saturated heterocycles. The van der Waals surface area contributed by atoms with E-state index in [4.69, 9.17) is 16.3 Å². The number of carbonyl (C=O) groups is 2. The molecule has 0 radical (unpaired) electrons. The lowest BCUT2D eigenvalue weighted by Crippen LogP contribution is -2.47. The van der Waals surface area contributed by atoms with Crippen LogP contribution in [0.4, 0.5) is 4.79 Å². The first-order valence-electron chi connectivity index (χ1n) is 8.28. The van der Waals surface area contributed by atoms with E-state index in [1.165, 1.54) is 11.0 Å². The topological polar surface area (TPSA) is 70.7 Å². The summed E-state index contributed by atoms with van der Waals surface area (Å²) in [4.78, 5) is 25.8. The van der Waals surface area contributed by atoms with Crippen LogP contribution in [-0.2, 0) is 6.54 Å². The standard InChI is InChI=1S/C19H21BrClN3O3/c1-12(2)27-17-9-6-14(10-16(17)21)18(25)22-23-19(26)24(3)11-13-4-7-15(20)8-5-13/h4-10,12H,11H2,1-3H3,(H,22,25)(H,23,26). The fourth-order valence-corrected chi connectivity index (χ4v) is 2.69. The van der Waals surface area contributed by atoms with Gasteiger partial charge in [0.25, 0.3) is 5.91 Å². The van der Waals surface area contributed by atoms with Crippen LogP contribution in [0.3, 0.4) is 0 Å². The van der Waals surface area contributed by atoms with Crippen LogP contribution in [0, 0.1) is 0 Å². The second-order valence-corrected chi connectivity index (χ2v) is 7.50. The fourth-order valence-electron chi connectivity index (χ4n) is 2.20. The van der Waals surface area contributed by atoms with Gasteiger partial charge in [-0.15, -0.1) is 0 Å². The van der Waals surface area contributed by atoms with Gasteiger partial charge >= 0.3 is 6.03 Å². The van der Waals surface area contributed by atoms with Crippen LogP contribution in [0.25, 0.3) is 0 Å². The monoisotopic (exact) mass is 453 g/mol. The Balaban J connectivity index is 1.89. The van der Waals surface area contributed by atoms with Crippen molar-refractivity contribution < 1.29 is 14.3 Å². The van der Waals surface area contributed by atoms with E-state index in [2.05, 4.69) is 26.8 Å². The third kappa shape index (κ3) is 6.45. The molecule has 2 rings (SSSR count). The summed E-state index contributed by atoms with van der Waals surface area (Å²) in [5.41, 5.74) is 6.04. The number of benzene rings is 2. The predicted octanol–water partition coefficient (Wildman–Crippen LogP) is 4.38. The minimum absolute atomic E-state index is 0.0253.